The van der Waals surface area contributed by atoms with Gasteiger partial charge in [-0.2, -0.15) is 4.98 Å². The number of fused-ring (bicyclic) bond motifs is 1. The molecule has 0 aliphatic carbocycles. The molecule has 11 nitrogen and oxygen atoms in total. The van der Waals surface area contributed by atoms with Crippen LogP contribution in [0.2, 0.25) is 0 Å². The molecule has 0 spiro atoms. The fraction of sp³-hybridized carbons (Fsp3) is 0.423. The second kappa shape index (κ2) is 10.9. The molecular formula is C26H30F2N8O3. The molecule has 0 unspecified atom stereocenters. The van der Waals surface area contributed by atoms with Crippen LogP contribution in [-0.4, -0.2) is 73.9 Å². The van der Waals surface area contributed by atoms with Gasteiger partial charge < -0.3 is 29.3 Å². The Balaban J connectivity index is 1.34. The maximum Gasteiger partial charge on any atom is 0.266 e. The third-order valence-electron chi connectivity index (χ3n) is 6.88. The Hall–Kier alpha value is -4.13. The number of piperidine rings is 1. The van der Waals surface area contributed by atoms with Crippen molar-refractivity contribution in [2.45, 2.75) is 38.6 Å². The van der Waals surface area contributed by atoms with E-state index in [2.05, 4.69) is 30.3 Å². The van der Waals surface area contributed by atoms with Crippen LogP contribution in [0.15, 0.2) is 35.2 Å². The SMILES string of the molecule is CC(C)c1nc(N2CCC(n3cc(F)c4c(Nc5ccc(C(=O)N(C)CCO)cc5F)ncnc43)CC2)no1. The van der Waals surface area contributed by atoms with Gasteiger partial charge in [-0.05, 0) is 36.2 Å². The number of halogens is 2. The van der Waals surface area contributed by atoms with Gasteiger partial charge in [-0.15, -0.1) is 0 Å². The first-order valence-corrected chi connectivity index (χ1v) is 12.8. The number of likely N-dealkylation sites (N-methyl/N-ethyl adjacent to an activating group) is 1. The molecule has 4 heterocycles. The van der Waals surface area contributed by atoms with Gasteiger partial charge in [0.1, 0.15) is 23.6 Å². The van der Waals surface area contributed by atoms with Gasteiger partial charge in [0.25, 0.3) is 11.9 Å². The van der Waals surface area contributed by atoms with E-state index in [1.807, 2.05) is 13.8 Å². The van der Waals surface area contributed by atoms with Gasteiger partial charge in [0, 0.05) is 50.4 Å². The molecule has 0 bridgehead atoms. The maximum atomic E-state index is 15.2. The molecule has 3 aromatic heterocycles. The molecule has 0 radical (unpaired) electrons. The van der Waals surface area contributed by atoms with Crippen LogP contribution >= 0.6 is 0 Å². The summed E-state index contributed by atoms with van der Waals surface area (Å²) in [6, 6.07) is 3.95. The Morgan fingerprint density at radius 3 is 2.67 bits per heavy atom. The predicted molar refractivity (Wildman–Crippen MR) is 140 cm³/mol. The van der Waals surface area contributed by atoms with Crippen LogP contribution in [0, 0.1) is 11.6 Å². The Kier molecular flexibility index (Phi) is 7.42. The lowest BCUT2D eigenvalue weighted by atomic mass is 10.1. The summed E-state index contributed by atoms with van der Waals surface area (Å²) in [7, 11) is 1.52. The van der Waals surface area contributed by atoms with Crippen molar-refractivity contribution < 1.29 is 23.2 Å². The van der Waals surface area contributed by atoms with E-state index >= 15 is 4.39 Å². The van der Waals surface area contributed by atoms with Crippen LogP contribution in [0.1, 0.15) is 54.9 Å². The van der Waals surface area contributed by atoms with Crippen molar-refractivity contribution in [2.24, 2.45) is 0 Å². The third-order valence-corrected chi connectivity index (χ3v) is 6.88. The van der Waals surface area contributed by atoms with E-state index in [1.165, 1.54) is 36.6 Å². The number of aromatic nitrogens is 5. The number of rotatable bonds is 8. The standard InChI is InChI=1S/C26H30F2N8O3/c1-15(2)24-32-26(33-39-24)35-8-6-17(7-9-35)36-13-19(28)21-22(29-14-30-23(21)36)31-20-5-4-16(12-18(20)27)25(38)34(3)10-11-37/h4-5,12-15,17,37H,6-11H2,1-3H3,(H,29,30,31). The number of carbonyl (C=O) groups excluding carboxylic acids is 1. The van der Waals surface area contributed by atoms with Gasteiger partial charge in [-0.3, -0.25) is 4.79 Å². The van der Waals surface area contributed by atoms with E-state index in [1.54, 1.807) is 4.57 Å². The number of aliphatic hydroxyl groups excluding tert-OH is 1. The molecule has 1 aliphatic heterocycles. The van der Waals surface area contributed by atoms with Gasteiger partial charge in [0.15, 0.2) is 5.82 Å². The largest absolute Gasteiger partial charge is 0.395 e. The van der Waals surface area contributed by atoms with Crippen LogP contribution in [0.3, 0.4) is 0 Å². The number of carbonyl (C=O) groups is 1. The third kappa shape index (κ3) is 5.26. The fourth-order valence-corrected chi connectivity index (χ4v) is 4.70. The quantitative estimate of drug-likeness (QED) is 0.343. The Bertz CT molecular complexity index is 1480. The van der Waals surface area contributed by atoms with Crippen molar-refractivity contribution in [2.75, 3.05) is 43.5 Å². The van der Waals surface area contributed by atoms with Crippen molar-refractivity contribution in [1.29, 1.82) is 0 Å². The monoisotopic (exact) mass is 540 g/mol. The summed E-state index contributed by atoms with van der Waals surface area (Å²) in [5.74, 6) is -0.219. The van der Waals surface area contributed by atoms with E-state index in [4.69, 9.17) is 9.63 Å². The summed E-state index contributed by atoms with van der Waals surface area (Å²) in [4.78, 5) is 28.7. The Morgan fingerprint density at radius 2 is 2.00 bits per heavy atom. The number of benzene rings is 1. The lowest BCUT2D eigenvalue weighted by molar-refractivity contribution is 0.0766. The first-order valence-electron chi connectivity index (χ1n) is 12.8. The van der Waals surface area contributed by atoms with E-state index in [-0.39, 0.29) is 47.6 Å². The summed E-state index contributed by atoms with van der Waals surface area (Å²) in [5.41, 5.74) is 0.576. The van der Waals surface area contributed by atoms with Gasteiger partial charge >= 0.3 is 0 Å². The number of hydrogen-bond acceptors (Lipinski definition) is 9. The highest BCUT2D eigenvalue weighted by Crippen LogP contribution is 2.33. The molecule has 4 aromatic rings. The molecule has 1 fully saturated rings. The molecule has 2 N–H and O–H groups in total. The summed E-state index contributed by atoms with van der Waals surface area (Å²) in [5, 5.41) is 16.1. The lowest BCUT2D eigenvalue weighted by Gasteiger charge is -2.31. The van der Waals surface area contributed by atoms with E-state index < -0.39 is 17.5 Å². The minimum atomic E-state index is -0.695. The number of anilines is 3. The van der Waals surface area contributed by atoms with Crippen molar-refractivity contribution in [3.05, 3.63) is 53.8 Å². The smallest absolute Gasteiger partial charge is 0.266 e. The fourth-order valence-electron chi connectivity index (χ4n) is 4.70. The molecule has 1 aromatic carbocycles. The molecule has 0 atom stereocenters. The van der Waals surface area contributed by atoms with E-state index in [9.17, 15) is 9.18 Å². The zero-order valence-corrected chi connectivity index (χ0v) is 21.9. The summed E-state index contributed by atoms with van der Waals surface area (Å²) in [6.07, 6.45) is 4.15. The van der Waals surface area contributed by atoms with Crippen molar-refractivity contribution in [1.82, 2.24) is 29.6 Å². The van der Waals surface area contributed by atoms with Gasteiger partial charge in [0.05, 0.1) is 17.7 Å². The minimum absolute atomic E-state index is 0.00888. The molecule has 206 valence electrons. The molecular weight excluding hydrogens is 510 g/mol. The topological polar surface area (TPSA) is 125 Å². The van der Waals surface area contributed by atoms with Crippen LogP contribution < -0.4 is 10.2 Å². The number of hydrogen-bond donors (Lipinski definition) is 2. The zero-order chi connectivity index (χ0) is 27.7. The normalized spacial score (nSPS) is 14.4. The Morgan fingerprint density at radius 1 is 1.23 bits per heavy atom. The van der Waals surface area contributed by atoms with Crippen LogP contribution in [0.5, 0.6) is 0 Å². The van der Waals surface area contributed by atoms with Crippen LogP contribution in [-0.2, 0) is 0 Å². The predicted octanol–water partition coefficient (Wildman–Crippen LogP) is 3.87. The van der Waals surface area contributed by atoms with E-state index in [0.717, 1.165) is 18.9 Å². The van der Waals surface area contributed by atoms with Gasteiger partial charge in [-0.25, -0.2) is 18.7 Å². The number of nitrogens with one attached hydrogen (secondary N) is 1. The number of amides is 1. The molecule has 1 amide bonds. The zero-order valence-electron chi connectivity index (χ0n) is 21.9. The maximum absolute atomic E-state index is 15.2. The average Bonchev–Trinajstić information content (AvgIpc) is 3.56. The summed E-state index contributed by atoms with van der Waals surface area (Å²) >= 11 is 0. The summed E-state index contributed by atoms with van der Waals surface area (Å²) in [6.45, 7) is 5.25. The lowest BCUT2D eigenvalue weighted by Crippen LogP contribution is -2.35. The first-order chi connectivity index (χ1) is 18.8. The molecule has 1 saturated heterocycles. The second-order valence-corrected chi connectivity index (χ2v) is 9.88. The number of nitrogens with zero attached hydrogens (tertiary/aromatic N) is 7. The average molecular weight is 541 g/mol. The molecule has 0 saturated carbocycles. The highest BCUT2D eigenvalue weighted by Gasteiger charge is 2.27. The molecule has 5 rings (SSSR count). The minimum Gasteiger partial charge on any atom is -0.395 e. The second-order valence-electron chi connectivity index (χ2n) is 9.88. The van der Waals surface area contributed by atoms with Gasteiger partial charge in [-0.1, -0.05) is 13.8 Å². The first kappa shape index (κ1) is 26.5. The van der Waals surface area contributed by atoms with Crippen LogP contribution in [0.4, 0.5) is 26.2 Å². The van der Waals surface area contributed by atoms with Crippen molar-refractivity contribution >= 4 is 34.4 Å². The molecule has 13 heteroatoms. The van der Waals surface area contributed by atoms with Crippen LogP contribution in [0.25, 0.3) is 11.0 Å². The molecule has 39 heavy (non-hydrogen) atoms. The van der Waals surface area contributed by atoms with E-state index in [0.29, 0.717) is 30.6 Å². The highest BCUT2D eigenvalue weighted by molar-refractivity contribution is 5.95. The van der Waals surface area contributed by atoms with Crippen molar-refractivity contribution in [3.63, 3.8) is 0 Å². The van der Waals surface area contributed by atoms with Crippen molar-refractivity contribution in [3.8, 4) is 0 Å². The molecule has 1 aliphatic rings. The summed E-state index contributed by atoms with van der Waals surface area (Å²) < 4.78 is 37.3. The highest BCUT2D eigenvalue weighted by atomic mass is 19.1. The number of aliphatic hydroxyl groups is 1. The van der Waals surface area contributed by atoms with Gasteiger partial charge in [0.2, 0.25) is 5.89 Å². The Labute approximate surface area is 223 Å².